The highest BCUT2D eigenvalue weighted by Gasteiger charge is 2.07. The maximum Gasteiger partial charge on any atom is 0.238 e. The zero-order chi connectivity index (χ0) is 14.5. The average Bonchev–Trinajstić information content (AvgIpc) is 2.85. The number of hydrogen-bond acceptors (Lipinski definition) is 4. The Hall–Kier alpha value is -1.73. The van der Waals surface area contributed by atoms with Gasteiger partial charge in [-0.2, -0.15) is 0 Å². The zero-order valence-corrected chi connectivity index (χ0v) is 12.3. The van der Waals surface area contributed by atoms with Crippen molar-refractivity contribution in [1.82, 2.24) is 14.8 Å². The number of hydrogen-bond donors (Lipinski definition) is 1. The molecule has 0 aliphatic carbocycles. The molecule has 0 saturated heterocycles. The number of carbonyl (C=O) groups excluding carboxylic acids is 1. The molecule has 2 aromatic rings. The van der Waals surface area contributed by atoms with Crippen molar-refractivity contribution >= 4 is 34.0 Å². The number of aromatic nitrogens is 3. The van der Waals surface area contributed by atoms with Gasteiger partial charge in [-0.1, -0.05) is 17.7 Å². The van der Waals surface area contributed by atoms with E-state index in [-0.39, 0.29) is 17.5 Å². The van der Waals surface area contributed by atoms with Crippen LogP contribution in [0.3, 0.4) is 0 Å². The molecule has 1 amide bonds. The van der Waals surface area contributed by atoms with Crippen LogP contribution in [0.2, 0.25) is 5.02 Å². The molecule has 20 heavy (non-hydrogen) atoms. The molecule has 1 aromatic carbocycles. The number of halogens is 1. The molecule has 0 bridgehead atoms. The van der Waals surface area contributed by atoms with Crippen LogP contribution >= 0.6 is 11.6 Å². The van der Waals surface area contributed by atoms with Gasteiger partial charge in [-0.05, 0) is 18.2 Å². The second kappa shape index (κ2) is 6.62. The molecule has 2 rings (SSSR count). The van der Waals surface area contributed by atoms with Gasteiger partial charge < -0.3 is 5.32 Å². The molecule has 1 aromatic heterocycles. The van der Waals surface area contributed by atoms with Crippen molar-refractivity contribution in [2.75, 3.05) is 11.6 Å². The van der Waals surface area contributed by atoms with E-state index in [4.69, 9.17) is 11.6 Å². The van der Waals surface area contributed by atoms with Crippen molar-refractivity contribution in [2.24, 2.45) is 0 Å². The molecule has 6 nitrogen and oxygen atoms in total. The first-order valence-electron chi connectivity index (χ1n) is 5.83. The first-order valence-corrected chi connectivity index (χ1v) is 7.76. The number of amides is 1. The summed E-state index contributed by atoms with van der Waals surface area (Å²) >= 11 is 5.83. The van der Waals surface area contributed by atoms with E-state index < -0.39 is 10.8 Å². The molecule has 0 radical (unpaired) electrons. The fourth-order valence-electron chi connectivity index (χ4n) is 1.52. The van der Waals surface area contributed by atoms with Crippen LogP contribution in [-0.4, -0.2) is 31.1 Å². The highest BCUT2D eigenvalue weighted by molar-refractivity contribution is 7.84. The second-order valence-electron chi connectivity index (χ2n) is 4.05. The predicted octanol–water partition coefficient (Wildman–Crippen LogP) is 1.70. The Morgan fingerprint density at radius 1 is 1.50 bits per heavy atom. The van der Waals surface area contributed by atoms with E-state index >= 15 is 0 Å². The summed E-state index contributed by atoms with van der Waals surface area (Å²) in [6, 6.07) is 6.93. The van der Waals surface area contributed by atoms with Crippen LogP contribution in [0.4, 0.5) is 5.69 Å². The summed E-state index contributed by atoms with van der Waals surface area (Å²) in [6.07, 6.45) is 3.21. The molecule has 106 valence electrons. The smallest absolute Gasteiger partial charge is 0.238 e. The van der Waals surface area contributed by atoms with Crippen LogP contribution in [0.5, 0.6) is 0 Å². The molecular formula is C12H13ClN4O2S. The third-order valence-corrected chi connectivity index (χ3v) is 3.39. The predicted molar refractivity (Wildman–Crippen MR) is 77.1 cm³/mol. The first kappa shape index (κ1) is 14.7. The zero-order valence-electron chi connectivity index (χ0n) is 10.7. The normalized spacial score (nSPS) is 12.1. The van der Waals surface area contributed by atoms with Gasteiger partial charge in [0.15, 0.2) is 0 Å². The number of rotatable bonds is 5. The van der Waals surface area contributed by atoms with Gasteiger partial charge in [0.2, 0.25) is 11.1 Å². The molecule has 0 spiro atoms. The molecule has 8 heteroatoms. The van der Waals surface area contributed by atoms with Gasteiger partial charge in [-0.25, -0.2) is 4.98 Å². The minimum absolute atomic E-state index is 0.151. The van der Waals surface area contributed by atoms with Crippen LogP contribution in [0.15, 0.2) is 35.7 Å². The minimum Gasteiger partial charge on any atom is -0.326 e. The van der Waals surface area contributed by atoms with E-state index in [1.165, 1.54) is 17.3 Å². The second-order valence-corrected chi connectivity index (χ2v) is 5.76. The van der Waals surface area contributed by atoms with Crippen LogP contribution in [0.25, 0.3) is 0 Å². The lowest BCUT2D eigenvalue weighted by molar-refractivity contribution is -0.116. The van der Waals surface area contributed by atoms with Crippen molar-refractivity contribution in [1.29, 1.82) is 0 Å². The maximum absolute atomic E-state index is 11.8. The van der Waals surface area contributed by atoms with Gasteiger partial charge in [-0.3, -0.25) is 13.7 Å². The van der Waals surface area contributed by atoms with Crippen molar-refractivity contribution in [3.8, 4) is 0 Å². The SMILES string of the molecule is C[S@](=O)c1ncn(CCC(=O)Nc2cccc(Cl)c2)n1. The van der Waals surface area contributed by atoms with Gasteiger partial charge in [0.1, 0.15) is 6.33 Å². The topological polar surface area (TPSA) is 76.9 Å². The molecule has 0 fully saturated rings. The summed E-state index contributed by atoms with van der Waals surface area (Å²) in [6.45, 7) is 0.372. The van der Waals surface area contributed by atoms with E-state index in [1.807, 2.05) is 0 Å². The molecule has 1 heterocycles. The third kappa shape index (κ3) is 4.14. The molecule has 1 N–H and O–H groups in total. The summed E-state index contributed by atoms with van der Waals surface area (Å²) in [5.41, 5.74) is 0.649. The van der Waals surface area contributed by atoms with Gasteiger partial charge >= 0.3 is 0 Å². The van der Waals surface area contributed by atoms with E-state index in [1.54, 1.807) is 24.3 Å². The average molecular weight is 313 g/mol. The Morgan fingerprint density at radius 3 is 2.95 bits per heavy atom. The fourth-order valence-corrected chi connectivity index (χ4v) is 2.13. The molecule has 1 atom stereocenters. The summed E-state index contributed by atoms with van der Waals surface area (Å²) in [7, 11) is -1.21. The summed E-state index contributed by atoms with van der Waals surface area (Å²) in [4.78, 5) is 15.7. The standard InChI is InChI=1S/C12H13ClN4O2S/c1-20(19)12-14-8-17(16-12)6-5-11(18)15-10-4-2-3-9(13)7-10/h2-4,7-8H,5-6H2,1H3,(H,15,18)/t20-/m0/s1. The highest BCUT2D eigenvalue weighted by atomic mass is 35.5. The fraction of sp³-hybridized carbons (Fsp3) is 0.250. The van der Waals surface area contributed by atoms with Crippen molar-refractivity contribution in [3.63, 3.8) is 0 Å². The monoisotopic (exact) mass is 312 g/mol. The molecule has 0 aliphatic rings. The highest BCUT2D eigenvalue weighted by Crippen LogP contribution is 2.15. The van der Waals surface area contributed by atoms with E-state index in [9.17, 15) is 9.00 Å². The summed E-state index contributed by atoms with van der Waals surface area (Å²) < 4.78 is 12.6. The number of aryl methyl sites for hydroxylation is 1. The number of anilines is 1. The Labute approximate surface area is 123 Å². The third-order valence-electron chi connectivity index (χ3n) is 2.45. The summed E-state index contributed by atoms with van der Waals surface area (Å²) in [5.74, 6) is -0.151. The van der Waals surface area contributed by atoms with Crippen LogP contribution < -0.4 is 5.32 Å². The number of benzene rings is 1. The lowest BCUT2D eigenvalue weighted by Gasteiger charge is -2.05. The first-order chi connectivity index (χ1) is 9.54. The van der Waals surface area contributed by atoms with E-state index in [0.29, 0.717) is 17.3 Å². The van der Waals surface area contributed by atoms with Gasteiger partial charge in [0.05, 0.1) is 17.3 Å². The molecule has 0 unspecified atom stereocenters. The Bertz CT molecular complexity index is 644. The molecular weight excluding hydrogens is 300 g/mol. The van der Waals surface area contributed by atoms with Crippen molar-refractivity contribution in [3.05, 3.63) is 35.6 Å². The largest absolute Gasteiger partial charge is 0.326 e. The Balaban J connectivity index is 1.87. The maximum atomic E-state index is 11.8. The number of nitrogens with zero attached hydrogens (tertiary/aromatic N) is 3. The Morgan fingerprint density at radius 2 is 2.30 bits per heavy atom. The lowest BCUT2D eigenvalue weighted by Crippen LogP contribution is -2.14. The van der Waals surface area contributed by atoms with Crippen molar-refractivity contribution in [2.45, 2.75) is 18.1 Å². The van der Waals surface area contributed by atoms with Gasteiger partial charge in [0.25, 0.3) is 0 Å². The lowest BCUT2D eigenvalue weighted by atomic mass is 10.3. The number of carbonyl (C=O) groups is 1. The van der Waals surface area contributed by atoms with E-state index in [2.05, 4.69) is 15.4 Å². The van der Waals surface area contributed by atoms with Gasteiger partial charge in [0, 0.05) is 23.4 Å². The number of nitrogens with one attached hydrogen (secondary N) is 1. The van der Waals surface area contributed by atoms with Crippen molar-refractivity contribution < 1.29 is 9.00 Å². The Kier molecular flexibility index (Phi) is 4.86. The quantitative estimate of drug-likeness (QED) is 0.911. The van der Waals surface area contributed by atoms with E-state index in [0.717, 1.165) is 0 Å². The molecule has 0 saturated carbocycles. The molecule has 0 aliphatic heterocycles. The summed E-state index contributed by atoms with van der Waals surface area (Å²) in [5, 5.41) is 7.57. The van der Waals surface area contributed by atoms with Crippen LogP contribution in [0.1, 0.15) is 6.42 Å². The van der Waals surface area contributed by atoms with Crippen LogP contribution in [-0.2, 0) is 22.1 Å². The van der Waals surface area contributed by atoms with Crippen LogP contribution in [0, 0.1) is 0 Å². The minimum atomic E-state index is -1.21. The van der Waals surface area contributed by atoms with Gasteiger partial charge in [-0.15, -0.1) is 5.10 Å².